The van der Waals surface area contributed by atoms with E-state index in [1.807, 2.05) is 19.1 Å². The summed E-state index contributed by atoms with van der Waals surface area (Å²) in [4.78, 5) is 35.5. The van der Waals surface area contributed by atoms with Gasteiger partial charge in [-0.15, -0.1) is 0 Å². The number of anilines is 1. The van der Waals surface area contributed by atoms with Crippen LogP contribution in [-0.4, -0.2) is 47.0 Å². The Labute approximate surface area is 115 Å². The molecule has 3 N–H and O–H groups in total. The zero-order valence-electron chi connectivity index (χ0n) is 10.9. The fraction of sp³-hybridized carbons (Fsp3) is 0.308. The van der Waals surface area contributed by atoms with Crippen LogP contribution in [0.4, 0.5) is 10.5 Å². The van der Waals surface area contributed by atoms with Crippen LogP contribution in [0.1, 0.15) is 5.56 Å². The number of urea groups is 1. The summed E-state index contributed by atoms with van der Waals surface area (Å²) in [5, 5.41) is 14.1. The van der Waals surface area contributed by atoms with E-state index in [1.165, 1.54) is 0 Å². The van der Waals surface area contributed by atoms with Gasteiger partial charge in [-0.3, -0.25) is 9.69 Å². The first-order valence-electron chi connectivity index (χ1n) is 6.11. The zero-order valence-corrected chi connectivity index (χ0v) is 10.9. The van der Waals surface area contributed by atoms with Crippen LogP contribution in [0.15, 0.2) is 24.3 Å². The van der Waals surface area contributed by atoms with Gasteiger partial charge in [-0.2, -0.15) is 0 Å². The molecule has 1 aromatic rings. The number of carboxylic acids is 1. The molecule has 1 fully saturated rings. The number of rotatable bonds is 2. The van der Waals surface area contributed by atoms with E-state index in [4.69, 9.17) is 5.11 Å². The fourth-order valence-corrected chi connectivity index (χ4v) is 1.91. The normalized spacial score (nSPS) is 18.4. The third-order valence-corrected chi connectivity index (χ3v) is 3.03. The highest BCUT2D eigenvalue weighted by Crippen LogP contribution is 2.12. The molecule has 0 spiro atoms. The van der Waals surface area contributed by atoms with Crippen molar-refractivity contribution < 1.29 is 19.5 Å². The van der Waals surface area contributed by atoms with Crippen LogP contribution in [0.5, 0.6) is 0 Å². The van der Waals surface area contributed by atoms with E-state index in [9.17, 15) is 14.4 Å². The molecule has 1 aliphatic rings. The minimum Gasteiger partial charge on any atom is -0.480 e. The third-order valence-electron chi connectivity index (χ3n) is 3.03. The van der Waals surface area contributed by atoms with E-state index in [0.717, 1.165) is 10.5 Å². The topological polar surface area (TPSA) is 98.7 Å². The first kappa shape index (κ1) is 13.9. The Morgan fingerprint density at radius 3 is 2.60 bits per heavy atom. The number of benzene rings is 1. The number of nitrogens with zero attached hydrogens (tertiary/aromatic N) is 1. The van der Waals surface area contributed by atoms with Gasteiger partial charge in [-0.05, 0) is 19.1 Å². The van der Waals surface area contributed by atoms with Crippen LogP contribution in [0, 0.1) is 6.92 Å². The van der Waals surface area contributed by atoms with Gasteiger partial charge in [0.25, 0.3) is 0 Å². The van der Waals surface area contributed by atoms with Crippen molar-refractivity contribution >= 4 is 23.6 Å². The molecule has 0 aliphatic carbocycles. The number of carboxylic acid groups (broad SMARTS) is 1. The SMILES string of the molecule is Cc1ccc(NC(=O)N2CC(=O)NCC2C(=O)O)cc1. The van der Waals surface area contributed by atoms with Crippen molar-refractivity contribution in [3.05, 3.63) is 29.8 Å². The summed E-state index contributed by atoms with van der Waals surface area (Å²) >= 11 is 0. The van der Waals surface area contributed by atoms with Crippen molar-refractivity contribution in [2.45, 2.75) is 13.0 Å². The highest BCUT2D eigenvalue weighted by molar-refractivity contribution is 5.96. The van der Waals surface area contributed by atoms with Crippen molar-refractivity contribution in [2.24, 2.45) is 0 Å². The summed E-state index contributed by atoms with van der Waals surface area (Å²) in [5.74, 6) is -1.52. The molecule has 1 heterocycles. The van der Waals surface area contributed by atoms with Crippen LogP contribution in [0.25, 0.3) is 0 Å². The van der Waals surface area contributed by atoms with Gasteiger partial charge >= 0.3 is 12.0 Å². The summed E-state index contributed by atoms with van der Waals surface area (Å²) in [6, 6.07) is 5.43. The Morgan fingerprint density at radius 2 is 2.00 bits per heavy atom. The lowest BCUT2D eigenvalue weighted by molar-refractivity contribution is -0.144. The van der Waals surface area contributed by atoms with E-state index in [2.05, 4.69) is 10.6 Å². The van der Waals surface area contributed by atoms with Gasteiger partial charge in [0.2, 0.25) is 5.91 Å². The highest BCUT2D eigenvalue weighted by atomic mass is 16.4. The number of hydrogen-bond acceptors (Lipinski definition) is 3. The van der Waals surface area contributed by atoms with E-state index >= 15 is 0 Å². The molecule has 20 heavy (non-hydrogen) atoms. The van der Waals surface area contributed by atoms with Crippen LogP contribution >= 0.6 is 0 Å². The molecule has 1 aliphatic heterocycles. The maximum atomic E-state index is 12.1. The van der Waals surface area contributed by atoms with Crippen LogP contribution in [0.2, 0.25) is 0 Å². The summed E-state index contributed by atoms with van der Waals surface area (Å²) in [5.41, 5.74) is 1.60. The van der Waals surface area contributed by atoms with Gasteiger partial charge in [0.1, 0.15) is 12.6 Å². The zero-order chi connectivity index (χ0) is 14.7. The molecular formula is C13H15N3O4. The molecule has 0 aromatic heterocycles. The van der Waals surface area contributed by atoms with Crippen molar-refractivity contribution in [1.82, 2.24) is 10.2 Å². The molecule has 106 valence electrons. The monoisotopic (exact) mass is 277 g/mol. The number of hydrogen-bond donors (Lipinski definition) is 3. The van der Waals surface area contributed by atoms with E-state index in [1.54, 1.807) is 12.1 Å². The molecule has 1 atom stereocenters. The number of amides is 3. The highest BCUT2D eigenvalue weighted by Gasteiger charge is 2.35. The molecule has 7 nitrogen and oxygen atoms in total. The fourth-order valence-electron chi connectivity index (χ4n) is 1.91. The Balaban J connectivity index is 2.10. The van der Waals surface area contributed by atoms with Gasteiger partial charge in [-0.1, -0.05) is 17.7 Å². The average molecular weight is 277 g/mol. The van der Waals surface area contributed by atoms with Crippen molar-refractivity contribution in [2.75, 3.05) is 18.4 Å². The van der Waals surface area contributed by atoms with E-state index in [0.29, 0.717) is 5.69 Å². The Bertz CT molecular complexity index is 541. The summed E-state index contributed by atoms with van der Waals surface area (Å²) < 4.78 is 0. The Morgan fingerprint density at radius 1 is 1.35 bits per heavy atom. The lowest BCUT2D eigenvalue weighted by Crippen LogP contribution is -2.60. The minimum absolute atomic E-state index is 0.0878. The summed E-state index contributed by atoms with van der Waals surface area (Å²) in [6.45, 7) is 1.56. The van der Waals surface area contributed by atoms with Crippen molar-refractivity contribution in [3.63, 3.8) is 0 Å². The minimum atomic E-state index is -1.15. The molecule has 0 bridgehead atoms. The third kappa shape index (κ3) is 3.05. The predicted molar refractivity (Wildman–Crippen MR) is 71.3 cm³/mol. The van der Waals surface area contributed by atoms with Gasteiger partial charge in [0.15, 0.2) is 0 Å². The maximum absolute atomic E-state index is 12.1. The van der Waals surface area contributed by atoms with E-state index in [-0.39, 0.29) is 19.0 Å². The average Bonchev–Trinajstić information content (AvgIpc) is 2.41. The Hall–Kier alpha value is -2.57. The number of carbonyl (C=O) groups excluding carboxylic acids is 2. The lowest BCUT2D eigenvalue weighted by Gasteiger charge is -2.32. The second kappa shape index (κ2) is 5.60. The van der Waals surface area contributed by atoms with Gasteiger partial charge in [0, 0.05) is 12.2 Å². The quantitative estimate of drug-likeness (QED) is 0.729. The number of aryl methyl sites for hydroxylation is 1. The molecule has 3 amide bonds. The van der Waals surface area contributed by atoms with Crippen LogP contribution in [-0.2, 0) is 9.59 Å². The largest absolute Gasteiger partial charge is 0.480 e. The molecule has 1 saturated heterocycles. The van der Waals surface area contributed by atoms with Crippen LogP contribution < -0.4 is 10.6 Å². The predicted octanol–water partition coefficient (Wildman–Crippen LogP) is 0.412. The van der Waals surface area contributed by atoms with E-state index < -0.39 is 18.0 Å². The first-order chi connectivity index (χ1) is 9.47. The number of piperazine rings is 1. The lowest BCUT2D eigenvalue weighted by atomic mass is 10.2. The second-order valence-corrected chi connectivity index (χ2v) is 4.58. The number of aliphatic carboxylic acids is 1. The molecule has 2 rings (SSSR count). The Kier molecular flexibility index (Phi) is 3.88. The summed E-state index contributed by atoms with van der Waals surface area (Å²) in [6.07, 6.45) is 0. The first-order valence-corrected chi connectivity index (χ1v) is 6.11. The standard InChI is InChI=1S/C13H15N3O4/c1-8-2-4-9(5-3-8)15-13(20)16-7-11(17)14-6-10(16)12(18)19/h2-5,10H,6-7H2,1H3,(H,14,17)(H,15,20)(H,18,19). The molecule has 0 saturated carbocycles. The number of carbonyl (C=O) groups is 3. The van der Waals surface area contributed by atoms with Crippen LogP contribution in [0.3, 0.4) is 0 Å². The molecule has 1 aromatic carbocycles. The van der Waals surface area contributed by atoms with Gasteiger partial charge in [-0.25, -0.2) is 9.59 Å². The van der Waals surface area contributed by atoms with Crippen molar-refractivity contribution in [3.8, 4) is 0 Å². The van der Waals surface area contributed by atoms with Gasteiger partial charge in [0.05, 0.1) is 0 Å². The molecule has 7 heteroatoms. The second-order valence-electron chi connectivity index (χ2n) is 4.58. The number of nitrogens with one attached hydrogen (secondary N) is 2. The van der Waals surface area contributed by atoms with Crippen molar-refractivity contribution in [1.29, 1.82) is 0 Å². The summed E-state index contributed by atoms with van der Waals surface area (Å²) in [7, 11) is 0. The maximum Gasteiger partial charge on any atom is 0.328 e. The molecule has 1 unspecified atom stereocenters. The smallest absolute Gasteiger partial charge is 0.328 e. The molecular weight excluding hydrogens is 262 g/mol. The molecule has 0 radical (unpaired) electrons. The van der Waals surface area contributed by atoms with Gasteiger partial charge < -0.3 is 15.7 Å².